The largest absolute Gasteiger partial charge is 0.478 e. The van der Waals surface area contributed by atoms with E-state index in [2.05, 4.69) is 5.32 Å². The van der Waals surface area contributed by atoms with Gasteiger partial charge < -0.3 is 10.4 Å². The number of hydrogen-bond acceptors (Lipinski definition) is 2. The summed E-state index contributed by atoms with van der Waals surface area (Å²) < 4.78 is 0. The van der Waals surface area contributed by atoms with Crippen molar-refractivity contribution in [3.8, 4) is 0 Å². The summed E-state index contributed by atoms with van der Waals surface area (Å²) in [7, 11) is 0. The maximum atomic E-state index is 12.5. The fraction of sp³-hybridized carbons (Fsp3) is 0.579. The molecule has 0 aliphatic heterocycles. The molecule has 1 aromatic rings. The number of carbonyl (C=O) groups is 2. The lowest BCUT2D eigenvalue weighted by molar-refractivity contribution is -0.0503. The molecule has 23 heavy (non-hydrogen) atoms. The van der Waals surface area contributed by atoms with E-state index >= 15 is 0 Å². The lowest BCUT2D eigenvalue weighted by atomic mass is 9.49. The molecule has 0 aromatic heterocycles. The molecule has 0 spiro atoms. The van der Waals surface area contributed by atoms with Crippen molar-refractivity contribution in [2.75, 3.05) is 6.54 Å². The summed E-state index contributed by atoms with van der Waals surface area (Å²) in [5.74, 6) is 1.25. The van der Waals surface area contributed by atoms with Gasteiger partial charge in [0, 0.05) is 6.54 Å². The van der Waals surface area contributed by atoms with Gasteiger partial charge in [0.05, 0.1) is 11.1 Å². The third-order valence-electron chi connectivity index (χ3n) is 6.19. The number of hydrogen-bond donors (Lipinski definition) is 2. The smallest absolute Gasteiger partial charge is 0.336 e. The second kappa shape index (κ2) is 5.36. The van der Waals surface area contributed by atoms with Gasteiger partial charge in [-0.25, -0.2) is 4.79 Å². The highest BCUT2D eigenvalue weighted by Gasteiger charge is 2.50. The number of aromatic carboxylic acids is 1. The van der Waals surface area contributed by atoms with E-state index in [9.17, 15) is 14.7 Å². The number of nitrogens with one attached hydrogen (secondary N) is 1. The first-order valence-corrected chi connectivity index (χ1v) is 8.65. The highest BCUT2D eigenvalue weighted by atomic mass is 16.4. The van der Waals surface area contributed by atoms with Crippen molar-refractivity contribution in [3.63, 3.8) is 0 Å². The van der Waals surface area contributed by atoms with E-state index in [1.807, 2.05) is 0 Å². The topological polar surface area (TPSA) is 66.4 Å². The predicted octanol–water partition coefficient (Wildman–Crippen LogP) is 3.33. The van der Waals surface area contributed by atoms with E-state index in [0.29, 0.717) is 6.54 Å². The second-order valence-electron chi connectivity index (χ2n) is 7.95. The van der Waals surface area contributed by atoms with Gasteiger partial charge in [0.15, 0.2) is 0 Å². The van der Waals surface area contributed by atoms with Gasteiger partial charge in [-0.2, -0.15) is 0 Å². The van der Waals surface area contributed by atoms with Crippen LogP contribution in [-0.4, -0.2) is 23.5 Å². The van der Waals surface area contributed by atoms with E-state index in [1.54, 1.807) is 18.2 Å². The van der Waals surface area contributed by atoms with Crippen LogP contribution in [0.25, 0.3) is 0 Å². The summed E-state index contributed by atoms with van der Waals surface area (Å²) in [4.78, 5) is 23.8. The predicted molar refractivity (Wildman–Crippen MR) is 86.3 cm³/mol. The Morgan fingerprint density at radius 3 is 2.04 bits per heavy atom. The molecule has 4 heteroatoms. The van der Waals surface area contributed by atoms with Crippen LogP contribution in [-0.2, 0) is 0 Å². The Balaban J connectivity index is 1.47. The fourth-order valence-corrected chi connectivity index (χ4v) is 5.74. The minimum absolute atomic E-state index is 0.0792. The zero-order valence-corrected chi connectivity index (χ0v) is 13.3. The minimum Gasteiger partial charge on any atom is -0.478 e. The molecule has 2 N–H and O–H groups in total. The van der Waals surface area contributed by atoms with E-state index in [4.69, 9.17) is 0 Å². The molecule has 0 heterocycles. The third kappa shape index (κ3) is 2.64. The second-order valence-corrected chi connectivity index (χ2v) is 7.95. The summed E-state index contributed by atoms with van der Waals surface area (Å²) in [6.45, 7) is 0.698. The van der Waals surface area contributed by atoms with Crippen molar-refractivity contribution in [2.24, 2.45) is 23.2 Å². The molecule has 122 valence electrons. The maximum absolute atomic E-state index is 12.5. The molecule has 4 aliphatic rings. The van der Waals surface area contributed by atoms with Crippen LogP contribution in [0.4, 0.5) is 0 Å². The van der Waals surface area contributed by atoms with E-state index < -0.39 is 5.97 Å². The normalized spacial score (nSPS) is 34.3. The van der Waals surface area contributed by atoms with Crippen molar-refractivity contribution < 1.29 is 14.7 Å². The average Bonchev–Trinajstić information content (AvgIpc) is 2.51. The first-order valence-electron chi connectivity index (χ1n) is 8.65. The lowest BCUT2D eigenvalue weighted by Crippen LogP contribution is -2.51. The SMILES string of the molecule is O=C(O)c1ccccc1C(=O)NCC12CC3CC(CC(C3)C1)C2. The van der Waals surface area contributed by atoms with E-state index in [1.165, 1.54) is 44.6 Å². The van der Waals surface area contributed by atoms with Crippen LogP contribution in [0.15, 0.2) is 24.3 Å². The maximum Gasteiger partial charge on any atom is 0.336 e. The van der Waals surface area contributed by atoms with Crippen LogP contribution in [0.5, 0.6) is 0 Å². The van der Waals surface area contributed by atoms with Crippen LogP contribution in [0.1, 0.15) is 59.2 Å². The van der Waals surface area contributed by atoms with Crippen LogP contribution in [0.2, 0.25) is 0 Å². The van der Waals surface area contributed by atoms with Crippen LogP contribution in [0.3, 0.4) is 0 Å². The Labute approximate surface area is 136 Å². The van der Waals surface area contributed by atoms with Crippen molar-refractivity contribution in [2.45, 2.75) is 38.5 Å². The van der Waals surface area contributed by atoms with Gasteiger partial charge >= 0.3 is 5.97 Å². The molecular weight excluding hydrogens is 290 g/mol. The summed E-state index contributed by atoms with van der Waals surface area (Å²) in [6, 6.07) is 6.45. The zero-order chi connectivity index (χ0) is 16.0. The summed E-state index contributed by atoms with van der Waals surface area (Å²) >= 11 is 0. The highest BCUT2D eigenvalue weighted by Crippen LogP contribution is 2.59. The number of carbonyl (C=O) groups excluding carboxylic acids is 1. The first kappa shape index (κ1) is 14.7. The number of carboxylic acids is 1. The van der Waals surface area contributed by atoms with Gasteiger partial charge in [-0.15, -0.1) is 0 Å². The molecular formula is C19H23NO3. The van der Waals surface area contributed by atoms with Gasteiger partial charge in [-0.1, -0.05) is 12.1 Å². The molecule has 0 atom stereocenters. The van der Waals surface area contributed by atoms with E-state index in [-0.39, 0.29) is 22.4 Å². The summed E-state index contributed by atoms with van der Waals surface area (Å²) in [5, 5.41) is 12.3. The van der Waals surface area contributed by atoms with Gasteiger partial charge in [0.2, 0.25) is 0 Å². The Hall–Kier alpha value is -1.84. The monoisotopic (exact) mass is 313 g/mol. The van der Waals surface area contributed by atoms with Gasteiger partial charge in [-0.3, -0.25) is 4.79 Å². The van der Waals surface area contributed by atoms with Crippen molar-refractivity contribution in [1.29, 1.82) is 0 Å². The molecule has 0 saturated heterocycles. The first-order chi connectivity index (χ1) is 11.0. The molecule has 4 saturated carbocycles. The number of rotatable bonds is 4. The Kier molecular flexibility index (Phi) is 3.43. The third-order valence-corrected chi connectivity index (χ3v) is 6.19. The van der Waals surface area contributed by atoms with Crippen LogP contribution >= 0.6 is 0 Å². The quantitative estimate of drug-likeness (QED) is 0.896. The summed E-state index contributed by atoms with van der Waals surface area (Å²) in [6.07, 6.45) is 7.86. The van der Waals surface area contributed by atoms with E-state index in [0.717, 1.165) is 17.8 Å². The van der Waals surface area contributed by atoms with Crippen molar-refractivity contribution in [1.82, 2.24) is 5.32 Å². The number of carboxylic acid groups (broad SMARTS) is 1. The molecule has 5 rings (SSSR count). The Morgan fingerprint density at radius 2 is 1.52 bits per heavy atom. The number of amides is 1. The molecule has 0 unspecified atom stereocenters. The van der Waals surface area contributed by atoms with Gasteiger partial charge in [0.1, 0.15) is 0 Å². The molecule has 4 fully saturated rings. The van der Waals surface area contributed by atoms with Gasteiger partial charge in [0.25, 0.3) is 5.91 Å². The highest BCUT2D eigenvalue weighted by molar-refractivity contribution is 6.04. The van der Waals surface area contributed by atoms with Crippen LogP contribution < -0.4 is 5.32 Å². The molecule has 4 nitrogen and oxygen atoms in total. The average molecular weight is 313 g/mol. The standard InChI is InChI=1S/C19H23NO3/c21-17(15-3-1-2-4-16(15)18(22)23)20-11-19-8-12-5-13(9-19)7-14(6-12)10-19/h1-4,12-14H,5-11H2,(H,20,21)(H,22,23). The summed E-state index contributed by atoms with van der Waals surface area (Å²) in [5.41, 5.74) is 0.614. The fourth-order valence-electron chi connectivity index (χ4n) is 5.74. The van der Waals surface area contributed by atoms with Crippen molar-refractivity contribution >= 4 is 11.9 Å². The van der Waals surface area contributed by atoms with Crippen LogP contribution in [0, 0.1) is 23.2 Å². The Bertz CT molecular complexity index is 616. The lowest BCUT2D eigenvalue weighted by Gasteiger charge is -2.56. The minimum atomic E-state index is -1.05. The molecule has 1 amide bonds. The molecule has 4 bridgehead atoms. The molecule has 4 aliphatic carbocycles. The van der Waals surface area contributed by atoms with Crippen molar-refractivity contribution in [3.05, 3.63) is 35.4 Å². The zero-order valence-electron chi connectivity index (χ0n) is 13.3. The molecule has 1 aromatic carbocycles. The van der Waals surface area contributed by atoms with Gasteiger partial charge in [-0.05, 0) is 73.8 Å². The molecule has 0 radical (unpaired) electrons. The number of benzene rings is 1. The Morgan fingerprint density at radius 1 is 1.00 bits per heavy atom.